The van der Waals surface area contributed by atoms with E-state index in [1.807, 2.05) is 53.2 Å². The highest BCUT2D eigenvalue weighted by Gasteiger charge is 2.16. The molecular weight excluding hydrogens is 398 g/mol. The van der Waals surface area contributed by atoms with Crippen LogP contribution in [-0.2, 0) is 13.0 Å². The number of nitriles is 1. The average molecular weight is 418 g/mol. The Morgan fingerprint density at radius 1 is 1.17 bits per heavy atom. The summed E-state index contributed by atoms with van der Waals surface area (Å²) in [6.07, 6.45) is 5.38. The SMILES string of the molecule is CCCCc1nc(Cl)c(C=O)n1Cc1ccc(-c2nc3ccccn3c2C#N)cc1. The molecule has 4 rings (SSSR count). The Hall–Kier alpha value is -3.43. The van der Waals surface area contributed by atoms with Gasteiger partial charge in [-0.15, -0.1) is 0 Å². The van der Waals surface area contributed by atoms with Crippen LogP contribution in [-0.4, -0.2) is 25.2 Å². The second kappa shape index (κ2) is 8.52. The maximum atomic E-state index is 11.5. The number of fused-ring (bicyclic) bond motifs is 1. The molecule has 0 fully saturated rings. The van der Waals surface area contributed by atoms with Gasteiger partial charge in [0.2, 0.25) is 0 Å². The van der Waals surface area contributed by atoms with E-state index < -0.39 is 0 Å². The monoisotopic (exact) mass is 417 g/mol. The van der Waals surface area contributed by atoms with Crippen molar-refractivity contribution in [2.75, 3.05) is 0 Å². The Morgan fingerprint density at radius 2 is 1.97 bits per heavy atom. The zero-order chi connectivity index (χ0) is 21.1. The minimum absolute atomic E-state index is 0.246. The summed E-state index contributed by atoms with van der Waals surface area (Å²) >= 11 is 6.17. The summed E-state index contributed by atoms with van der Waals surface area (Å²) in [6.45, 7) is 2.62. The van der Waals surface area contributed by atoms with Crippen LogP contribution in [0.4, 0.5) is 0 Å². The summed E-state index contributed by atoms with van der Waals surface area (Å²) < 4.78 is 3.67. The van der Waals surface area contributed by atoms with Crippen LogP contribution >= 0.6 is 11.6 Å². The first-order valence-corrected chi connectivity index (χ1v) is 10.2. The predicted octanol–water partition coefficient (Wildman–Crippen LogP) is 4.93. The summed E-state index contributed by atoms with van der Waals surface area (Å²) in [6, 6.07) is 15.7. The van der Waals surface area contributed by atoms with Crippen molar-refractivity contribution in [2.45, 2.75) is 32.7 Å². The number of unbranched alkanes of at least 4 members (excludes halogenated alkanes) is 1. The van der Waals surface area contributed by atoms with Gasteiger partial charge < -0.3 is 4.57 Å². The van der Waals surface area contributed by atoms with Crippen molar-refractivity contribution in [1.82, 2.24) is 18.9 Å². The lowest BCUT2D eigenvalue weighted by Gasteiger charge is -2.10. The van der Waals surface area contributed by atoms with Crippen molar-refractivity contribution in [2.24, 2.45) is 0 Å². The number of aryl methyl sites for hydroxylation is 1. The van der Waals surface area contributed by atoms with E-state index in [1.54, 1.807) is 4.40 Å². The van der Waals surface area contributed by atoms with Crippen LogP contribution < -0.4 is 0 Å². The third kappa shape index (κ3) is 3.60. The van der Waals surface area contributed by atoms with E-state index in [2.05, 4.69) is 23.0 Å². The first-order valence-electron chi connectivity index (χ1n) is 9.82. The van der Waals surface area contributed by atoms with E-state index in [0.717, 1.165) is 48.1 Å². The number of carbonyl (C=O) groups excluding carboxylic acids is 1. The van der Waals surface area contributed by atoms with Crippen LogP contribution in [0.5, 0.6) is 0 Å². The smallest absolute Gasteiger partial charge is 0.169 e. The van der Waals surface area contributed by atoms with Crippen molar-refractivity contribution in [3.63, 3.8) is 0 Å². The minimum atomic E-state index is 0.246. The van der Waals surface area contributed by atoms with Crippen LogP contribution in [0.15, 0.2) is 48.7 Å². The fourth-order valence-electron chi connectivity index (χ4n) is 3.55. The Morgan fingerprint density at radius 3 is 2.67 bits per heavy atom. The molecule has 3 aromatic heterocycles. The fraction of sp³-hybridized carbons (Fsp3) is 0.217. The van der Waals surface area contributed by atoms with E-state index in [4.69, 9.17) is 11.6 Å². The number of nitrogens with zero attached hydrogens (tertiary/aromatic N) is 5. The predicted molar refractivity (Wildman–Crippen MR) is 116 cm³/mol. The molecule has 0 bridgehead atoms. The highest BCUT2D eigenvalue weighted by atomic mass is 35.5. The van der Waals surface area contributed by atoms with Gasteiger partial charge in [0.25, 0.3) is 0 Å². The highest BCUT2D eigenvalue weighted by Crippen LogP contribution is 2.25. The molecule has 0 spiro atoms. The van der Waals surface area contributed by atoms with E-state index >= 15 is 0 Å². The Kier molecular flexibility index (Phi) is 5.64. The van der Waals surface area contributed by atoms with Gasteiger partial charge in [-0.1, -0.05) is 55.3 Å². The number of carbonyl (C=O) groups is 1. The highest BCUT2D eigenvalue weighted by molar-refractivity contribution is 6.31. The molecule has 7 heteroatoms. The molecule has 0 aliphatic carbocycles. The molecule has 0 aliphatic heterocycles. The van der Waals surface area contributed by atoms with Gasteiger partial charge in [-0.3, -0.25) is 9.20 Å². The van der Waals surface area contributed by atoms with E-state index in [1.165, 1.54) is 0 Å². The van der Waals surface area contributed by atoms with Gasteiger partial charge in [-0.2, -0.15) is 5.26 Å². The molecule has 0 amide bonds. The Labute approximate surface area is 179 Å². The van der Waals surface area contributed by atoms with Crippen molar-refractivity contribution in [1.29, 1.82) is 5.26 Å². The molecule has 0 unspecified atom stereocenters. The van der Waals surface area contributed by atoms with Gasteiger partial charge in [-0.05, 0) is 24.1 Å². The van der Waals surface area contributed by atoms with E-state index in [9.17, 15) is 10.1 Å². The normalized spacial score (nSPS) is 11.0. The standard InChI is InChI=1S/C23H20ClN5O/c1-2-3-6-21-27-23(24)19(15-30)29(21)14-16-8-10-17(11-9-16)22-18(13-25)28-12-5-4-7-20(28)26-22/h4-5,7-12,15H,2-3,6,14H2,1H3. The molecule has 0 N–H and O–H groups in total. The first kappa shape index (κ1) is 19.9. The molecule has 0 radical (unpaired) electrons. The van der Waals surface area contributed by atoms with Crippen molar-refractivity contribution < 1.29 is 4.79 Å². The molecule has 1 aromatic carbocycles. The molecule has 6 nitrogen and oxygen atoms in total. The number of pyridine rings is 1. The van der Waals surface area contributed by atoms with Crippen LogP contribution in [0.1, 0.15) is 47.3 Å². The fourth-order valence-corrected chi connectivity index (χ4v) is 3.79. The average Bonchev–Trinajstić information content (AvgIpc) is 3.29. The topological polar surface area (TPSA) is 76.0 Å². The summed E-state index contributed by atoms with van der Waals surface area (Å²) in [5, 5.41) is 9.86. The molecule has 30 heavy (non-hydrogen) atoms. The number of aromatic nitrogens is 4. The third-order valence-corrected chi connectivity index (χ3v) is 5.39. The second-order valence-corrected chi connectivity index (χ2v) is 7.42. The van der Waals surface area contributed by atoms with Gasteiger partial charge in [0, 0.05) is 24.7 Å². The zero-order valence-corrected chi connectivity index (χ0v) is 17.3. The third-order valence-electron chi connectivity index (χ3n) is 5.11. The number of rotatable bonds is 7. The number of benzene rings is 1. The Balaban J connectivity index is 1.66. The van der Waals surface area contributed by atoms with Crippen LogP contribution in [0.2, 0.25) is 5.15 Å². The molecule has 4 aromatic rings. The van der Waals surface area contributed by atoms with Crippen molar-refractivity contribution in [3.05, 3.63) is 76.6 Å². The summed E-state index contributed by atoms with van der Waals surface area (Å²) in [5.41, 5.74) is 4.17. The van der Waals surface area contributed by atoms with Crippen molar-refractivity contribution in [3.8, 4) is 17.3 Å². The van der Waals surface area contributed by atoms with Crippen LogP contribution in [0.3, 0.4) is 0 Å². The largest absolute Gasteiger partial charge is 0.320 e. The van der Waals surface area contributed by atoms with Gasteiger partial charge in [0.05, 0.1) is 0 Å². The van der Waals surface area contributed by atoms with Gasteiger partial charge in [0.15, 0.2) is 17.1 Å². The molecular formula is C23H20ClN5O. The minimum Gasteiger partial charge on any atom is -0.320 e. The molecule has 0 saturated carbocycles. The first-order chi connectivity index (χ1) is 14.7. The van der Waals surface area contributed by atoms with E-state index in [-0.39, 0.29) is 5.15 Å². The summed E-state index contributed by atoms with van der Waals surface area (Å²) in [5.74, 6) is 0.820. The number of halogens is 1. The van der Waals surface area contributed by atoms with Gasteiger partial charge in [-0.25, -0.2) is 9.97 Å². The molecule has 0 atom stereocenters. The van der Waals surface area contributed by atoms with E-state index in [0.29, 0.717) is 23.6 Å². The lowest BCUT2D eigenvalue weighted by Crippen LogP contribution is -2.08. The summed E-state index contributed by atoms with van der Waals surface area (Å²) in [4.78, 5) is 20.5. The molecule has 150 valence electrons. The lowest BCUT2D eigenvalue weighted by atomic mass is 10.1. The van der Waals surface area contributed by atoms with Gasteiger partial charge >= 0.3 is 0 Å². The number of imidazole rings is 2. The maximum Gasteiger partial charge on any atom is 0.169 e. The summed E-state index contributed by atoms with van der Waals surface area (Å²) in [7, 11) is 0. The number of hydrogen-bond acceptors (Lipinski definition) is 4. The van der Waals surface area contributed by atoms with Crippen molar-refractivity contribution >= 4 is 23.5 Å². The molecule has 0 saturated heterocycles. The molecule has 0 aliphatic rings. The lowest BCUT2D eigenvalue weighted by molar-refractivity contribution is 0.111. The molecule has 3 heterocycles. The van der Waals surface area contributed by atoms with Crippen LogP contribution in [0.25, 0.3) is 16.9 Å². The quantitative estimate of drug-likeness (QED) is 0.399. The number of hydrogen-bond donors (Lipinski definition) is 0. The maximum absolute atomic E-state index is 11.5. The van der Waals surface area contributed by atoms with Crippen LogP contribution in [0, 0.1) is 11.3 Å². The zero-order valence-electron chi connectivity index (χ0n) is 16.5. The van der Waals surface area contributed by atoms with Gasteiger partial charge in [0.1, 0.15) is 28.9 Å². The Bertz CT molecular complexity index is 1250. The number of aldehydes is 1. The second-order valence-electron chi connectivity index (χ2n) is 7.06.